The van der Waals surface area contributed by atoms with Crippen LogP contribution < -0.4 is 10.2 Å². The summed E-state index contributed by atoms with van der Waals surface area (Å²) in [6.45, 7) is 0. The predicted octanol–water partition coefficient (Wildman–Crippen LogP) is 6.81. The van der Waals surface area contributed by atoms with Crippen LogP contribution in [0.2, 0.25) is 0 Å². The lowest BCUT2D eigenvalue weighted by Crippen LogP contribution is -2.30. The predicted molar refractivity (Wildman–Crippen MR) is 164 cm³/mol. The van der Waals surface area contributed by atoms with E-state index in [9.17, 15) is 20.0 Å². The number of aromatic nitrogens is 2. The molecule has 2 N–H and O–H groups in total. The average molecular weight is 594 g/mol. The highest BCUT2D eigenvalue weighted by Gasteiger charge is 2.42. The third-order valence-corrected chi connectivity index (χ3v) is 8.28. The van der Waals surface area contributed by atoms with E-state index in [4.69, 9.17) is 12.2 Å². The third-order valence-electron chi connectivity index (χ3n) is 6.95. The van der Waals surface area contributed by atoms with E-state index < -0.39 is 10.9 Å². The maximum Gasteiger partial charge on any atom is 0.335 e. The molecule has 3 aromatic carbocycles. The highest BCUT2D eigenvalue weighted by Crippen LogP contribution is 2.43. The average Bonchev–Trinajstić information content (AvgIpc) is 3.63. The number of hydrogen-bond acceptors (Lipinski definition) is 6. The van der Waals surface area contributed by atoms with Crippen molar-refractivity contribution >= 4 is 46.4 Å². The summed E-state index contributed by atoms with van der Waals surface area (Å²) in [7, 11) is 0. The molecule has 5 aromatic rings. The van der Waals surface area contributed by atoms with Gasteiger partial charge >= 0.3 is 5.97 Å². The van der Waals surface area contributed by atoms with E-state index in [1.165, 1.54) is 23.9 Å². The quantitative estimate of drug-likeness (QED) is 0.114. The van der Waals surface area contributed by atoms with Gasteiger partial charge in [-0.15, -0.1) is 0 Å². The van der Waals surface area contributed by atoms with Crippen molar-refractivity contribution in [2.24, 2.45) is 0 Å². The van der Waals surface area contributed by atoms with Crippen LogP contribution in [-0.4, -0.2) is 30.7 Å². The Hall–Kier alpha value is -5.00. The molecule has 11 heteroatoms. The molecule has 1 fully saturated rings. The zero-order valence-corrected chi connectivity index (χ0v) is 23.5. The number of benzene rings is 3. The highest BCUT2D eigenvalue weighted by atomic mass is 32.2. The second kappa shape index (κ2) is 11.5. The maximum atomic E-state index is 11.7. The Morgan fingerprint density at radius 1 is 0.929 bits per heavy atom. The third kappa shape index (κ3) is 5.35. The largest absolute Gasteiger partial charge is 0.478 e. The number of hydrogen-bond donors (Lipinski definition) is 2. The van der Waals surface area contributed by atoms with Gasteiger partial charge in [-0.25, -0.2) is 4.79 Å². The fraction of sp³-hybridized carbons (Fsp3) is 0.0645. The molecule has 0 aliphatic carbocycles. The minimum atomic E-state index is -0.992. The number of nitrogens with one attached hydrogen (secondary N) is 1. The minimum absolute atomic E-state index is 0.0534. The van der Waals surface area contributed by atoms with E-state index in [2.05, 4.69) is 15.2 Å². The van der Waals surface area contributed by atoms with Crippen LogP contribution in [0.4, 0.5) is 11.4 Å². The number of pyridine rings is 1. The molecule has 208 valence electrons. The van der Waals surface area contributed by atoms with Crippen LogP contribution in [0, 0.1) is 10.1 Å². The van der Waals surface area contributed by atoms with Gasteiger partial charge in [-0.1, -0.05) is 23.9 Å². The van der Waals surface area contributed by atoms with E-state index >= 15 is 0 Å². The molecule has 3 heterocycles. The first-order valence-electron chi connectivity index (χ1n) is 12.9. The number of rotatable bonds is 8. The lowest BCUT2D eigenvalue weighted by atomic mass is 10.0. The van der Waals surface area contributed by atoms with Gasteiger partial charge < -0.3 is 19.9 Å². The summed E-state index contributed by atoms with van der Waals surface area (Å²) in [5, 5.41) is 24.6. The van der Waals surface area contributed by atoms with Crippen LogP contribution >= 0.6 is 24.0 Å². The lowest BCUT2D eigenvalue weighted by Gasteiger charge is -2.29. The molecule has 42 heavy (non-hydrogen) atoms. The Morgan fingerprint density at radius 2 is 1.67 bits per heavy atom. The molecule has 0 amide bonds. The van der Waals surface area contributed by atoms with Crippen molar-refractivity contribution in [2.45, 2.75) is 21.9 Å². The zero-order chi connectivity index (χ0) is 29.2. The fourth-order valence-corrected chi connectivity index (χ4v) is 6.20. The number of non-ortho nitro benzene ring substituents is 1. The lowest BCUT2D eigenvalue weighted by molar-refractivity contribution is -0.384. The Bertz CT molecular complexity index is 1780. The van der Waals surface area contributed by atoms with Crippen molar-refractivity contribution in [3.8, 4) is 5.69 Å². The van der Waals surface area contributed by atoms with Gasteiger partial charge in [0.05, 0.1) is 22.2 Å². The molecule has 6 rings (SSSR count). The van der Waals surface area contributed by atoms with Crippen LogP contribution in [0.25, 0.3) is 5.69 Å². The number of carbonyl (C=O) groups is 1. The molecular formula is C31H23N5O4S2. The summed E-state index contributed by atoms with van der Waals surface area (Å²) in [5.74, 6) is -0.992. The monoisotopic (exact) mass is 593 g/mol. The summed E-state index contributed by atoms with van der Waals surface area (Å²) >= 11 is 7.38. The van der Waals surface area contributed by atoms with Crippen molar-refractivity contribution in [1.29, 1.82) is 0 Å². The zero-order valence-electron chi connectivity index (χ0n) is 21.9. The van der Waals surface area contributed by atoms with E-state index in [1.807, 2.05) is 71.4 Å². The molecule has 1 aliphatic heterocycles. The Balaban J connectivity index is 1.37. The molecule has 1 saturated heterocycles. The van der Waals surface area contributed by atoms with Crippen molar-refractivity contribution < 1.29 is 14.8 Å². The number of aromatic carboxylic acids is 1. The maximum absolute atomic E-state index is 11.7. The van der Waals surface area contributed by atoms with Crippen molar-refractivity contribution in [2.75, 3.05) is 4.90 Å². The van der Waals surface area contributed by atoms with Gasteiger partial charge in [0.1, 0.15) is 6.04 Å². The van der Waals surface area contributed by atoms with Crippen LogP contribution in [-0.2, 0) is 0 Å². The molecule has 0 bridgehead atoms. The van der Waals surface area contributed by atoms with Crippen molar-refractivity contribution in [3.05, 3.63) is 143 Å². The number of carboxylic acid groups (broad SMARTS) is 1. The fourth-order valence-electron chi connectivity index (χ4n) is 5.04. The van der Waals surface area contributed by atoms with E-state index in [0.717, 1.165) is 32.6 Å². The first kappa shape index (κ1) is 27.2. The Morgan fingerprint density at radius 3 is 2.33 bits per heavy atom. The molecule has 9 nitrogen and oxygen atoms in total. The van der Waals surface area contributed by atoms with Crippen LogP contribution in [0.1, 0.15) is 33.8 Å². The second-order valence-corrected chi connectivity index (χ2v) is 11.0. The van der Waals surface area contributed by atoms with Gasteiger partial charge in [-0.3, -0.25) is 15.1 Å². The SMILES string of the molecule is O=C(O)c1cccc(-n2cccc2[C@H]2[C@H](c3ccccn3)NC(=S)N2c2ccc(Sc3ccc([N+](=O)[O-])cc3)cc2)c1. The molecule has 2 aromatic heterocycles. The Kier molecular flexibility index (Phi) is 7.43. The highest BCUT2D eigenvalue weighted by molar-refractivity contribution is 7.99. The van der Waals surface area contributed by atoms with Gasteiger partial charge in [-0.2, -0.15) is 0 Å². The minimum Gasteiger partial charge on any atom is -0.478 e. The topological polar surface area (TPSA) is 114 Å². The number of carboxylic acids is 1. The molecule has 0 saturated carbocycles. The smallest absolute Gasteiger partial charge is 0.335 e. The normalized spacial score (nSPS) is 16.3. The standard InChI is InChI=1S/C31H23N5O4S2/c37-30(38)20-5-3-6-23(19-20)34-18-4-8-27(34)29-28(26-7-1-2-17-32-26)33-31(41)35(29)21-9-13-24(14-10-21)42-25-15-11-22(12-16-25)36(39)40/h1-19,28-29H,(H,33,41)(H,37,38)/t28-,29-/m0/s1. The number of nitro benzene ring substituents is 1. The van der Waals surface area contributed by atoms with Crippen LogP contribution in [0.15, 0.2) is 125 Å². The second-order valence-electron chi connectivity index (χ2n) is 9.50. The number of nitro groups is 1. The van der Waals surface area contributed by atoms with Crippen molar-refractivity contribution in [3.63, 3.8) is 0 Å². The van der Waals surface area contributed by atoms with Gasteiger partial charge in [0.15, 0.2) is 5.11 Å². The van der Waals surface area contributed by atoms with Crippen molar-refractivity contribution in [1.82, 2.24) is 14.9 Å². The molecular weight excluding hydrogens is 571 g/mol. The van der Waals surface area contributed by atoms with E-state index in [1.54, 1.807) is 36.5 Å². The van der Waals surface area contributed by atoms with E-state index in [0.29, 0.717) is 5.11 Å². The molecule has 0 radical (unpaired) electrons. The van der Waals surface area contributed by atoms with Gasteiger partial charge in [0.25, 0.3) is 5.69 Å². The summed E-state index contributed by atoms with van der Waals surface area (Å²) in [6.07, 6.45) is 3.66. The summed E-state index contributed by atoms with van der Waals surface area (Å²) < 4.78 is 1.98. The van der Waals surface area contributed by atoms with Gasteiger partial charge in [0.2, 0.25) is 0 Å². The molecule has 0 spiro atoms. The van der Waals surface area contributed by atoms with Crippen LogP contribution in [0.5, 0.6) is 0 Å². The van der Waals surface area contributed by atoms with Crippen LogP contribution in [0.3, 0.4) is 0 Å². The first-order chi connectivity index (χ1) is 20.4. The molecule has 2 atom stereocenters. The van der Waals surface area contributed by atoms with E-state index in [-0.39, 0.29) is 23.3 Å². The molecule has 1 aliphatic rings. The number of nitrogens with zero attached hydrogens (tertiary/aromatic N) is 4. The molecule has 0 unspecified atom stereocenters. The Labute approximate surface area is 250 Å². The first-order valence-corrected chi connectivity index (χ1v) is 14.2. The summed E-state index contributed by atoms with van der Waals surface area (Å²) in [6, 6.07) is 30.4. The van der Waals surface area contributed by atoms with Gasteiger partial charge in [-0.05, 0) is 91.1 Å². The number of anilines is 1. The summed E-state index contributed by atoms with van der Waals surface area (Å²) in [5.41, 5.74) is 3.58. The summed E-state index contributed by atoms with van der Waals surface area (Å²) in [4.78, 5) is 30.8. The number of thiocarbonyl (C=S) groups is 1. The van der Waals surface area contributed by atoms with Gasteiger partial charge in [0, 0.05) is 51.4 Å².